The first kappa shape index (κ1) is 25.0. The van der Waals surface area contributed by atoms with Gasteiger partial charge in [-0.25, -0.2) is 15.0 Å². The van der Waals surface area contributed by atoms with Gasteiger partial charge in [0, 0.05) is 44.6 Å². The van der Waals surface area contributed by atoms with Gasteiger partial charge in [-0.1, -0.05) is 85.0 Å². The van der Waals surface area contributed by atoms with Crippen molar-refractivity contribution in [3.05, 3.63) is 138 Å². The SMILES string of the molecule is C1=CCC2C(=C1)c1ccccc1N2c1ccc(-c2nc(-c3ccccc3)nc(-c3ccc4c5c(oc4c3)C=CCC5)n2)cc1. The molecule has 0 saturated heterocycles. The highest BCUT2D eigenvalue weighted by Gasteiger charge is 2.34. The monoisotopic (exact) mass is 568 g/mol. The Bertz CT molecular complexity index is 2150. The van der Waals surface area contributed by atoms with E-state index in [2.05, 4.69) is 102 Å². The molecule has 1 unspecified atom stereocenters. The van der Waals surface area contributed by atoms with Gasteiger partial charge in [-0.15, -0.1) is 0 Å². The third kappa shape index (κ3) is 4.04. The zero-order valence-electron chi connectivity index (χ0n) is 24.0. The van der Waals surface area contributed by atoms with Gasteiger partial charge in [0.25, 0.3) is 0 Å². The largest absolute Gasteiger partial charge is 0.456 e. The van der Waals surface area contributed by atoms with E-state index in [0.29, 0.717) is 23.5 Å². The quantitative estimate of drug-likeness (QED) is 0.212. The smallest absolute Gasteiger partial charge is 0.164 e. The number of fused-ring (bicyclic) bond motifs is 6. The van der Waals surface area contributed by atoms with E-state index in [9.17, 15) is 0 Å². The number of aromatic nitrogens is 3. The second kappa shape index (κ2) is 10.0. The average molecular weight is 569 g/mol. The highest BCUT2D eigenvalue weighted by atomic mass is 16.3. The molecule has 3 heterocycles. The molecule has 2 aliphatic carbocycles. The van der Waals surface area contributed by atoms with Crippen LogP contribution in [0, 0.1) is 0 Å². The first-order valence-electron chi connectivity index (χ1n) is 15.2. The van der Waals surface area contributed by atoms with Gasteiger partial charge in [0.15, 0.2) is 17.5 Å². The summed E-state index contributed by atoms with van der Waals surface area (Å²) in [4.78, 5) is 17.4. The van der Waals surface area contributed by atoms with Crippen molar-refractivity contribution in [2.45, 2.75) is 25.3 Å². The second-order valence-corrected chi connectivity index (χ2v) is 11.5. The van der Waals surface area contributed by atoms with Crippen LogP contribution in [-0.2, 0) is 6.42 Å². The van der Waals surface area contributed by atoms with Crippen LogP contribution in [0.4, 0.5) is 11.4 Å². The van der Waals surface area contributed by atoms with Crippen molar-refractivity contribution < 1.29 is 4.42 Å². The Morgan fingerprint density at radius 3 is 2.27 bits per heavy atom. The summed E-state index contributed by atoms with van der Waals surface area (Å²) >= 11 is 0. The maximum atomic E-state index is 6.24. The lowest BCUT2D eigenvalue weighted by Crippen LogP contribution is -2.27. The van der Waals surface area contributed by atoms with E-state index in [1.165, 1.54) is 22.4 Å². The molecule has 0 bridgehead atoms. The number of furan rings is 1. The van der Waals surface area contributed by atoms with Gasteiger partial charge in [0.05, 0.1) is 6.04 Å². The Balaban J connectivity index is 1.13. The molecule has 1 atom stereocenters. The third-order valence-electron chi connectivity index (χ3n) is 8.90. The summed E-state index contributed by atoms with van der Waals surface area (Å²) in [5.41, 5.74) is 10.0. The summed E-state index contributed by atoms with van der Waals surface area (Å²) in [5.74, 6) is 2.87. The van der Waals surface area contributed by atoms with E-state index in [0.717, 1.165) is 58.4 Å². The molecule has 6 aromatic rings. The summed E-state index contributed by atoms with van der Waals surface area (Å²) in [5, 5.41) is 1.16. The lowest BCUT2D eigenvalue weighted by molar-refractivity contribution is 0.595. The molecule has 0 radical (unpaired) electrons. The molecular weight excluding hydrogens is 540 g/mol. The molecule has 2 aromatic heterocycles. The summed E-state index contributed by atoms with van der Waals surface area (Å²) < 4.78 is 6.24. The maximum Gasteiger partial charge on any atom is 0.164 e. The van der Waals surface area contributed by atoms with Crippen molar-refractivity contribution >= 4 is 34.0 Å². The molecule has 0 spiro atoms. The van der Waals surface area contributed by atoms with Gasteiger partial charge < -0.3 is 9.32 Å². The van der Waals surface area contributed by atoms with Crippen molar-refractivity contribution in [2.75, 3.05) is 4.90 Å². The molecule has 0 amide bonds. The molecule has 5 nitrogen and oxygen atoms in total. The first-order chi connectivity index (χ1) is 21.8. The molecule has 0 saturated carbocycles. The van der Waals surface area contributed by atoms with E-state index in [1.54, 1.807) is 0 Å². The van der Waals surface area contributed by atoms with Crippen LogP contribution in [-0.4, -0.2) is 21.0 Å². The number of hydrogen-bond donors (Lipinski definition) is 0. The minimum absolute atomic E-state index is 0.300. The Labute approximate surface area is 255 Å². The number of para-hydroxylation sites is 1. The van der Waals surface area contributed by atoms with Crippen molar-refractivity contribution in [2.24, 2.45) is 0 Å². The number of nitrogens with zero attached hydrogens (tertiary/aromatic N) is 4. The summed E-state index contributed by atoms with van der Waals surface area (Å²) in [6.07, 6.45) is 14.0. The molecule has 3 aliphatic rings. The van der Waals surface area contributed by atoms with Gasteiger partial charge >= 0.3 is 0 Å². The minimum Gasteiger partial charge on any atom is -0.456 e. The van der Waals surface area contributed by atoms with Crippen LogP contribution in [0.3, 0.4) is 0 Å². The topological polar surface area (TPSA) is 55.1 Å². The van der Waals surface area contributed by atoms with E-state index in [1.807, 2.05) is 30.3 Å². The third-order valence-corrected chi connectivity index (χ3v) is 8.90. The Morgan fingerprint density at radius 2 is 1.43 bits per heavy atom. The van der Waals surface area contributed by atoms with E-state index >= 15 is 0 Å². The molecule has 0 N–H and O–H groups in total. The Morgan fingerprint density at radius 1 is 0.705 bits per heavy atom. The lowest BCUT2D eigenvalue weighted by Gasteiger charge is -2.28. The number of aryl methyl sites for hydroxylation is 1. The molecule has 210 valence electrons. The number of hydrogen-bond acceptors (Lipinski definition) is 5. The predicted octanol–water partition coefficient (Wildman–Crippen LogP) is 9.44. The number of allylic oxidation sites excluding steroid dienone is 3. The normalized spacial score (nSPS) is 16.5. The van der Waals surface area contributed by atoms with Crippen molar-refractivity contribution in [1.82, 2.24) is 15.0 Å². The number of benzene rings is 4. The fourth-order valence-electron chi connectivity index (χ4n) is 6.79. The summed E-state index contributed by atoms with van der Waals surface area (Å²) in [6, 6.07) is 34.0. The summed E-state index contributed by atoms with van der Waals surface area (Å²) in [6.45, 7) is 0. The van der Waals surface area contributed by atoms with Crippen LogP contribution < -0.4 is 4.90 Å². The van der Waals surface area contributed by atoms with Gasteiger partial charge in [0.1, 0.15) is 11.3 Å². The lowest BCUT2D eigenvalue weighted by atomic mass is 9.96. The van der Waals surface area contributed by atoms with Crippen molar-refractivity contribution in [3.63, 3.8) is 0 Å². The average Bonchev–Trinajstić information content (AvgIpc) is 3.64. The fraction of sp³-hybridized carbons (Fsp3) is 0.103. The van der Waals surface area contributed by atoms with E-state index in [4.69, 9.17) is 19.4 Å². The van der Waals surface area contributed by atoms with Crippen LogP contribution in [0.5, 0.6) is 0 Å². The zero-order valence-corrected chi connectivity index (χ0v) is 24.0. The molecule has 9 rings (SSSR count). The van der Waals surface area contributed by atoms with Crippen LogP contribution >= 0.6 is 0 Å². The molecule has 44 heavy (non-hydrogen) atoms. The summed E-state index contributed by atoms with van der Waals surface area (Å²) in [7, 11) is 0. The zero-order chi connectivity index (χ0) is 29.0. The van der Waals surface area contributed by atoms with Gasteiger partial charge in [-0.05, 0) is 67.3 Å². The van der Waals surface area contributed by atoms with E-state index in [-0.39, 0.29) is 0 Å². The molecule has 5 heteroatoms. The number of rotatable bonds is 4. The standard InChI is InChI=1S/C39H28N4O/c1-2-10-25(11-3-1)37-40-38(42-39(41-37)27-20-23-32-31-14-6-9-17-35(31)44-36(32)24-27)26-18-21-28(22-19-26)43-33-15-7-4-12-29(33)30-13-5-8-16-34(30)43/h1-5,7-13,15,17-24,34H,6,14,16H2. The molecule has 0 fully saturated rings. The van der Waals surface area contributed by atoms with Gasteiger partial charge in [0.2, 0.25) is 0 Å². The van der Waals surface area contributed by atoms with Crippen LogP contribution in [0.25, 0.3) is 56.8 Å². The number of anilines is 2. The predicted molar refractivity (Wildman–Crippen MR) is 177 cm³/mol. The highest BCUT2D eigenvalue weighted by Crippen LogP contribution is 2.47. The Hall–Kier alpha value is -5.55. The fourth-order valence-corrected chi connectivity index (χ4v) is 6.79. The first-order valence-corrected chi connectivity index (χ1v) is 15.2. The molecule has 1 aliphatic heterocycles. The van der Waals surface area contributed by atoms with Crippen LogP contribution in [0.2, 0.25) is 0 Å². The van der Waals surface area contributed by atoms with Gasteiger partial charge in [-0.3, -0.25) is 0 Å². The highest BCUT2D eigenvalue weighted by molar-refractivity contribution is 5.93. The van der Waals surface area contributed by atoms with Crippen molar-refractivity contribution in [1.29, 1.82) is 0 Å². The van der Waals surface area contributed by atoms with Gasteiger partial charge in [-0.2, -0.15) is 0 Å². The minimum atomic E-state index is 0.300. The molecule has 4 aromatic carbocycles. The van der Waals surface area contributed by atoms with E-state index < -0.39 is 0 Å². The molecular formula is C39H28N4O. The maximum absolute atomic E-state index is 6.24. The Kier molecular flexibility index (Phi) is 5.69. The van der Waals surface area contributed by atoms with Crippen molar-refractivity contribution in [3.8, 4) is 34.2 Å². The van der Waals surface area contributed by atoms with Crippen LogP contribution in [0.1, 0.15) is 29.7 Å². The van der Waals surface area contributed by atoms with Crippen LogP contribution in [0.15, 0.2) is 126 Å². The second-order valence-electron chi connectivity index (χ2n) is 11.5.